The Kier molecular flexibility index (Phi) is 2.88. The molecule has 2 fully saturated rings. The Bertz CT molecular complexity index is 317. The molecule has 0 spiro atoms. The van der Waals surface area contributed by atoms with Crippen molar-refractivity contribution in [3.8, 4) is 0 Å². The first-order valence-electron chi connectivity index (χ1n) is 7.22. The van der Waals surface area contributed by atoms with Gasteiger partial charge in [-0.2, -0.15) is 0 Å². The first-order chi connectivity index (χ1) is 7.52. The minimum Gasteiger partial charge on any atom is -0.411 e. The van der Waals surface area contributed by atoms with Gasteiger partial charge in [-0.05, 0) is 55.1 Å². The highest BCUT2D eigenvalue weighted by Crippen LogP contribution is 2.69. The van der Waals surface area contributed by atoms with Gasteiger partial charge in [0, 0.05) is 0 Å². The zero-order chi connectivity index (χ0) is 13.1. The molecule has 0 bridgehead atoms. The van der Waals surface area contributed by atoms with E-state index in [0.29, 0.717) is 10.5 Å². The first-order valence-corrected chi connectivity index (χ1v) is 10.1. The number of rotatable bonds is 2. The van der Waals surface area contributed by atoms with E-state index in [0.717, 1.165) is 5.92 Å². The Morgan fingerprint density at radius 1 is 1.24 bits per heavy atom. The molecule has 0 saturated heterocycles. The number of hydrogen-bond donors (Lipinski definition) is 0. The molecule has 17 heavy (non-hydrogen) atoms. The smallest absolute Gasteiger partial charge is 0.192 e. The zero-order valence-corrected chi connectivity index (χ0v) is 13.8. The Balaban J connectivity index is 2.11. The molecule has 1 nitrogen and oxygen atoms in total. The summed E-state index contributed by atoms with van der Waals surface area (Å²) in [5, 5.41) is 0.342. The highest BCUT2D eigenvalue weighted by Gasteiger charge is 2.68. The summed E-state index contributed by atoms with van der Waals surface area (Å²) in [6, 6.07) is 0. The van der Waals surface area contributed by atoms with Crippen LogP contribution >= 0.6 is 0 Å². The van der Waals surface area contributed by atoms with Crippen LogP contribution < -0.4 is 0 Å². The third kappa shape index (κ3) is 2.12. The van der Waals surface area contributed by atoms with E-state index in [-0.39, 0.29) is 5.60 Å². The maximum atomic E-state index is 6.80. The fraction of sp³-hybridized carbons (Fsp3) is 1.00. The van der Waals surface area contributed by atoms with Gasteiger partial charge in [-0.25, -0.2) is 0 Å². The maximum absolute atomic E-state index is 6.80. The van der Waals surface area contributed by atoms with Crippen molar-refractivity contribution in [3.05, 3.63) is 0 Å². The van der Waals surface area contributed by atoms with Gasteiger partial charge in [-0.1, -0.05) is 34.6 Å². The van der Waals surface area contributed by atoms with Crippen molar-refractivity contribution in [3.63, 3.8) is 0 Å². The van der Waals surface area contributed by atoms with Crippen molar-refractivity contribution in [2.45, 2.75) is 84.0 Å². The summed E-state index contributed by atoms with van der Waals surface area (Å²) in [6.45, 7) is 16.7. The topological polar surface area (TPSA) is 9.23 Å². The van der Waals surface area contributed by atoms with Crippen LogP contribution in [0.1, 0.15) is 60.3 Å². The molecule has 3 atom stereocenters. The van der Waals surface area contributed by atoms with Gasteiger partial charge in [-0.3, -0.25) is 0 Å². The Morgan fingerprint density at radius 3 is 2.29 bits per heavy atom. The molecule has 2 saturated carbocycles. The Labute approximate surface area is 108 Å². The van der Waals surface area contributed by atoms with Gasteiger partial charge in [0.2, 0.25) is 0 Å². The molecule has 3 unspecified atom stereocenters. The molecule has 2 aliphatic carbocycles. The summed E-state index contributed by atoms with van der Waals surface area (Å²) < 4.78 is 6.80. The monoisotopic (exact) mass is 254 g/mol. The quantitative estimate of drug-likeness (QED) is 0.632. The van der Waals surface area contributed by atoms with Crippen LogP contribution in [0.15, 0.2) is 0 Å². The minimum atomic E-state index is -1.59. The van der Waals surface area contributed by atoms with E-state index in [1.165, 1.54) is 25.7 Å². The van der Waals surface area contributed by atoms with Gasteiger partial charge in [-0.15, -0.1) is 0 Å². The van der Waals surface area contributed by atoms with Crippen molar-refractivity contribution in [1.29, 1.82) is 0 Å². The van der Waals surface area contributed by atoms with Crippen molar-refractivity contribution < 1.29 is 4.43 Å². The van der Waals surface area contributed by atoms with Gasteiger partial charge in [0.15, 0.2) is 8.32 Å². The molecule has 2 aliphatic rings. The molecule has 0 heterocycles. The lowest BCUT2D eigenvalue weighted by atomic mass is 9.81. The summed E-state index contributed by atoms with van der Waals surface area (Å²) >= 11 is 0. The predicted octanol–water partition coefficient (Wildman–Crippen LogP) is 4.98. The van der Waals surface area contributed by atoms with Crippen molar-refractivity contribution in [2.24, 2.45) is 11.3 Å². The second-order valence-corrected chi connectivity index (χ2v) is 13.2. The second-order valence-electron chi connectivity index (χ2n) is 8.44. The summed E-state index contributed by atoms with van der Waals surface area (Å²) in [7, 11) is -1.59. The lowest BCUT2D eigenvalue weighted by Gasteiger charge is -2.43. The SMILES string of the molecule is CC1CCC2(O[Si](C)(C)C(C)(C)C)CC2(C)C1. The van der Waals surface area contributed by atoms with E-state index >= 15 is 0 Å². The van der Waals surface area contributed by atoms with Crippen molar-refractivity contribution in [1.82, 2.24) is 0 Å². The fourth-order valence-corrected chi connectivity index (χ4v) is 5.14. The van der Waals surface area contributed by atoms with Crippen LogP contribution in [-0.4, -0.2) is 13.9 Å². The van der Waals surface area contributed by atoms with E-state index < -0.39 is 8.32 Å². The summed E-state index contributed by atoms with van der Waals surface area (Å²) in [4.78, 5) is 0. The maximum Gasteiger partial charge on any atom is 0.192 e. The lowest BCUT2D eigenvalue weighted by Crippen LogP contribution is -2.47. The zero-order valence-electron chi connectivity index (χ0n) is 12.8. The molecule has 0 aromatic heterocycles. The van der Waals surface area contributed by atoms with Gasteiger partial charge in [0.25, 0.3) is 0 Å². The number of hydrogen-bond acceptors (Lipinski definition) is 1. The van der Waals surface area contributed by atoms with E-state index in [1.54, 1.807) is 0 Å². The van der Waals surface area contributed by atoms with Crippen LogP contribution in [-0.2, 0) is 4.43 Å². The molecule has 0 N–H and O–H groups in total. The van der Waals surface area contributed by atoms with Gasteiger partial charge in [0.05, 0.1) is 5.60 Å². The first kappa shape index (κ1) is 13.6. The number of fused-ring (bicyclic) bond motifs is 1. The molecule has 2 rings (SSSR count). The van der Waals surface area contributed by atoms with E-state index in [1.807, 2.05) is 0 Å². The Morgan fingerprint density at radius 2 is 1.82 bits per heavy atom. The lowest BCUT2D eigenvalue weighted by molar-refractivity contribution is 0.0636. The average molecular weight is 254 g/mol. The largest absolute Gasteiger partial charge is 0.411 e. The molecular formula is C15H30OSi. The van der Waals surface area contributed by atoms with Gasteiger partial charge >= 0.3 is 0 Å². The molecular weight excluding hydrogens is 224 g/mol. The molecule has 0 aromatic carbocycles. The molecule has 0 amide bonds. The van der Waals surface area contributed by atoms with Gasteiger partial charge < -0.3 is 4.43 Å². The molecule has 2 heteroatoms. The predicted molar refractivity (Wildman–Crippen MR) is 76.8 cm³/mol. The third-order valence-corrected chi connectivity index (χ3v) is 10.3. The van der Waals surface area contributed by atoms with Crippen LogP contribution in [0.3, 0.4) is 0 Å². The van der Waals surface area contributed by atoms with E-state index in [4.69, 9.17) is 4.43 Å². The van der Waals surface area contributed by atoms with Crippen molar-refractivity contribution >= 4 is 8.32 Å². The highest BCUT2D eigenvalue weighted by molar-refractivity contribution is 6.74. The minimum absolute atomic E-state index is 0.266. The molecule has 0 aromatic rings. The van der Waals surface area contributed by atoms with Crippen LogP contribution in [0.25, 0.3) is 0 Å². The van der Waals surface area contributed by atoms with Crippen molar-refractivity contribution in [2.75, 3.05) is 0 Å². The summed E-state index contributed by atoms with van der Waals surface area (Å²) in [6.07, 6.45) is 5.36. The summed E-state index contributed by atoms with van der Waals surface area (Å²) in [5.41, 5.74) is 0.767. The highest BCUT2D eigenvalue weighted by atomic mass is 28.4. The van der Waals surface area contributed by atoms with Crippen LogP contribution in [0.2, 0.25) is 18.1 Å². The van der Waals surface area contributed by atoms with Crippen LogP contribution in [0, 0.1) is 11.3 Å². The van der Waals surface area contributed by atoms with E-state index in [9.17, 15) is 0 Å². The molecule has 100 valence electrons. The summed E-state index contributed by atoms with van der Waals surface area (Å²) in [5.74, 6) is 0.902. The van der Waals surface area contributed by atoms with Crippen LogP contribution in [0.5, 0.6) is 0 Å². The van der Waals surface area contributed by atoms with Crippen LogP contribution in [0.4, 0.5) is 0 Å². The Hall–Kier alpha value is 0.177. The fourth-order valence-electron chi connectivity index (χ4n) is 3.44. The third-order valence-electron chi connectivity index (χ3n) is 5.75. The molecule has 0 radical (unpaired) electrons. The normalized spacial score (nSPS) is 42.2. The van der Waals surface area contributed by atoms with Gasteiger partial charge in [0.1, 0.15) is 0 Å². The van der Waals surface area contributed by atoms with E-state index in [2.05, 4.69) is 47.7 Å². The average Bonchev–Trinajstić information content (AvgIpc) is 2.66. The molecule has 0 aliphatic heterocycles. The standard InChI is InChI=1S/C15H30OSi/c1-12-8-9-15(11-14(15,5)10-12)16-17(6,7)13(2,3)4/h12H,8-11H2,1-7H3. The second kappa shape index (κ2) is 3.60.